The normalized spacial score (nSPS) is 15.8. The number of nitrogens with one attached hydrogen (secondary N) is 1. The number of benzene rings is 3. The number of likely N-dealkylation sites (tertiary alicyclic amines) is 1. The van der Waals surface area contributed by atoms with E-state index < -0.39 is 6.61 Å². The Morgan fingerprint density at radius 1 is 1.00 bits per heavy atom. The molecule has 0 aliphatic carbocycles. The number of aryl methyl sites for hydroxylation is 1. The number of para-hydroxylation sites is 1. The molecule has 5 rings (SSSR count). The summed E-state index contributed by atoms with van der Waals surface area (Å²) in [5.74, 6) is -0.768. The molecule has 3 aromatic rings. The number of fused-ring (bicyclic) bond motifs is 2. The summed E-state index contributed by atoms with van der Waals surface area (Å²) in [6, 6.07) is 16.9. The summed E-state index contributed by atoms with van der Waals surface area (Å²) < 4.78 is 29.6. The average Bonchev–Trinajstić information content (AvgIpc) is 3.23. The fourth-order valence-electron chi connectivity index (χ4n) is 5.63. The second-order valence-corrected chi connectivity index (χ2v) is 10.6. The van der Waals surface area contributed by atoms with Gasteiger partial charge in [-0.3, -0.25) is 14.4 Å². The van der Waals surface area contributed by atoms with Crippen LogP contribution in [0.4, 0.5) is 20.2 Å². The molecule has 7 nitrogen and oxygen atoms in total. The molecule has 3 amide bonds. The first-order chi connectivity index (χ1) is 19.1. The van der Waals surface area contributed by atoms with Crippen LogP contribution in [0.5, 0.6) is 5.75 Å². The summed E-state index contributed by atoms with van der Waals surface area (Å²) in [4.78, 5) is 42.0. The van der Waals surface area contributed by atoms with Crippen molar-refractivity contribution in [1.29, 1.82) is 0 Å². The Balaban J connectivity index is 1.35. The minimum Gasteiger partial charge on any atom is -0.435 e. The van der Waals surface area contributed by atoms with Crippen molar-refractivity contribution >= 4 is 40.7 Å². The molecule has 0 radical (unpaired) electrons. The number of anilines is 2. The lowest BCUT2D eigenvalue weighted by Gasteiger charge is -2.40. The fourth-order valence-corrected chi connectivity index (χ4v) is 5.88. The molecule has 2 aliphatic rings. The van der Waals surface area contributed by atoms with Crippen molar-refractivity contribution in [3.63, 3.8) is 0 Å². The highest BCUT2D eigenvalue weighted by Gasteiger charge is 2.47. The molecule has 2 heterocycles. The van der Waals surface area contributed by atoms with Crippen molar-refractivity contribution in [1.82, 2.24) is 4.90 Å². The van der Waals surface area contributed by atoms with Crippen LogP contribution in [0.15, 0.2) is 60.7 Å². The number of nitrogens with zero attached hydrogens (tertiary/aromatic N) is 2. The summed E-state index contributed by atoms with van der Waals surface area (Å²) in [5, 5.41) is 2.80. The molecule has 1 N–H and O–H groups in total. The predicted molar refractivity (Wildman–Crippen MR) is 149 cm³/mol. The number of carbonyl (C=O) groups excluding carboxylic acids is 3. The van der Waals surface area contributed by atoms with Gasteiger partial charge in [-0.15, -0.1) is 0 Å². The minimum absolute atomic E-state index is 0.0266. The van der Waals surface area contributed by atoms with Crippen LogP contribution in [0.25, 0.3) is 0 Å². The molecule has 3 aromatic carbocycles. The molecule has 0 saturated carbocycles. The largest absolute Gasteiger partial charge is 0.435 e. The van der Waals surface area contributed by atoms with Gasteiger partial charge >= 0.3 is 6.61 Å². The second-order valence-electron chi connectivity index (χ2n) is 10.2. The first-order valence-electron chi connectivity index (χ1n) is 12.9. The molecule has 0 atom stereocenters. The van der Waals surface area contributed by atoms with E-state index >= 15 is 0 Å². The Labute approximate surface area is 235 Å². The maximum atomic E-state index is 13.6. The number of amides is 3. The molecule has 0 bridgehead atoms. The highest BCUT2D eigenvalue weighted by atomic mass is 35.5. The number of hydrogen-bond donors (Lipinski definition) is 1. The van der Waals surface area contributed by atoms with Crippen molar-refractivity contribution in [2.24, 2.45) is 0 Å². The highest BCUT2D eigenvalue weighted by Crippen LogP contribution is 2.48. The number of hydrogen-bond acceptors (Lipinski definition) is 4. The molecule has 1 spiro atoms. The summed E-state index contributed by atoms with van der Waals surface area (Å²) in [6.45, 7) is 1.71. The van der Waals surface area contributed by atoms with Gasteiger partial charge < -0.3 is 19.9 Å². The van der Waals surface area contributed by atoms with Gasteiger partial charge in [0.05, 0.1) is 10.6 Å². The Bertz CT molecular complexity index is 1490. The van der Waals surface area contributed by atoms with Crippen LogP contribution in [-0.2, 0) is 10.2 Å². The fraction of sp³-hybridized carbons (Fsp3) is 0.300. The topological polar surface area (TPSA) is 79.0 Å². The number of piperidine rings is 1. The van der Waals surface area contributed by atoms with Crippen LogP contribution < -0.4 is 15.0 Å². The van der Waals surface area contributed by atoms with Crippen LogP contribution >= 0.6 is 11.6 Å². The van der Waals surface area contributed by atoms with E-state index in [4.69, 9.17) is 11.6 Å². The van der Waals surface area contributed by atoms with Gasteiger partial charge in [-0.25, -0.2) is 0 Å². The Kier molecular flexibility index (Phi) is 7.51. The zero-order valence-electron chi connectivity index (χ0n) is 22.0. The third kappa shape index (κ3) is 5.25. The SMILES string of the molecule is CC(=O)Nc1cc(C(=O)N2CCC3(CC2)CN(C(=O)c2ccc(OC(F)F)cc2Cl)c2ccccc23)ccc1C. The average molecular weight is 568 g/mol. The Morgan fingerprint density at radius 2 is 1.73 bits per heavy atom. The smallest absolute Gasteiger partial charge is 0.387 e. The van der Waals surface area contributed by atoms with Gasteiger partial charge in [-0.2, -0.15) is 8.78 Å². The number of rotatable bonds is 5. The maximum absolute atomic E-state index is 13.6. The van der Waals surface area contributed by atoms with Crippen molar-refractivity contribution in [3.05, 3.63) is 87.9 Å². The summed E-state index contributed by atoms with van der Waals surface area (Å²) in [7, 11) is 0. The Morgan fingerprint density at radius 3 is 2.40 bits per heavy atom. The van der Waals surface area contributed by atoms with Crippen molar-refractivity contribution in [2.45, 2.75) is 38.7 Å². The lowest BCUT2D eigenvalue weighted by atomic mass is 9.74. The van der Waals surface area contributed by atoms with Gasteiger partial charge in [-0.05, 0) is 67.3 Å². The van der Waals surface area contributed by atoms with E-state index in [1.807, 2.05) is 37.3 Å². The van der Waals surface area contributed by atoms with Gasteiger partial charge in [0.1, 0.15) is 5.75 Å². The molecule has 2 aliphatic heterocycles. The second kappa shape index (κ2) is 10.9. The summed E-state index contributed by atoms with van der Waals surface area (Å²) >= 11 is 6.31. The van der Waals surface area contributed by atoms with E-state index in [0.717, 1.165) is 16.8 Å². The molecular weight excluding hydrogens is 540 g/mol. The van der Waals surface area contributed by atoms with Crippen LogP contribution in [0.2, 0.25) is 5.02 Å². The van der Waals surface area contributed by atoms with Gasteiger partial charge in [0.25, 0.3) is 11.8 Å². The number of ether oxygens (including phenoxy) is 1. The van der Waals surface area contributed by atoms with Crippen molar-refractivity contribution in [3.8, 4) is 5.75 Å². The van der Waals surface area contributed by atoms with E-state index in [0.29, 0.717) is 43.7 Å². The first kappa shape index (κ1) is 27.6. The standard InChI is InChI=1S/C30H28ClF2N3O4/c1-18-7-8-20(15-25(18)34-19(2)37)27(38)35-13-11-30(12-14-35)17-36(26-6-4-3-5-23(26)30)28(39)22-10-9-21(16-24(22)31)40-29(32)33/h3-10,15-16,29H,11-14,17H2,1-2H3,(H,34,37). The molecule has 0 aromatic heterocycles. The van der Waals surface area contributed by atoms with E-state index in [-0.39, 0.29) is 39.5 Å². The van der Waals surface area contributed by atoms with Crippen LogP contribution in [0.3, 0.4) is 0 Å². The Hall–Kier alpha value is -3.98. The molecule has 40 heavy (non-hydrogen) atoms. The monoisotopic (exact) mass is 567 g/mol. The quantitative estimate of drug-likeness (QED) is 0.407. The van der Waals surface area contributed by atoms with Gasteiger partial charge in [0, 0.05) is 48.9 Å². The highest BCUT2D eigenvalue weighted by molar-refractivity contribution is 6.34. The lowest BCUT2D eigenvalue weighted by molar-refractivity contribution is -0.114. The molecule has 0 unspecified atom stereocenters. The molecule has 208 valence electrons. The van der Waals surface area contributed by atoms with Crippen molar-refractivity contribution < 1.29 is 27.9 Å². The zero-order chi connectivity index (χ0) is 28.6. The summed E-state index contributed by atoms with van der Waals surface area (Å²) in [5.41, 5.74) is 3.64. The molecule has 1 fully saturated rings. The molecule has 1 saturated heterocycles. The van der Waals surface area contributed by atoms with E-state index in [9.17, 15) is 23.2 Å². The molecular formula is C30H28ClF2N3O4. The van der Waals surface area contributed by atoms with Gasteiger partial charge in [0.2, 0.25) is 5.91 Å². The maximum Gasteiger partial charge on any atom is 0.387 e. The van der Waals surface area contributed by atoms with Gasteiger partial charge in [-0.1, -0.05) is 35.9 Å². The minimum atomic E-state index is -2.99. The lowest BCUT2D eigenvalue weighted by Crippen LogP contribution is -2.47. The van der Waals surface area contributed by atoms with E-state index in [1.54, 1.807) is 21.9 Å². The summed E-state index contributed by atoms with van der Waals surface area (Å²) in [6.07, 6.45) is 1.30. The first-order valence-corrected chi connectivity index (χ1v) is 13.3. The molecule has 10 heteroatoms. The third-order valence-corrected chi connectivity index (χ3v) is 7.98. The van der Waals surface area contributed by atoms with Crippen LogP contribution in [-0.4, -0.2) is 48.9 Å². The van der Waals surface area contributed by atoms with E-state index in [2.05, 4.69) is 10.1 Å². The van der Waals surface area contributed by atoms with E-state index in [1.165, 1.54) is 25.1 Å². The number of carbonyl (C=O) groups is 3. The number of halogens is 3. The predicted octanol–water partition coefficient (Wildman–Crippen LogP) is 6.04. The van der Waals surface area contributed by atoms with Gasteiger partial charge in [0.15, 0.2) is 0 Å². The number of alkyl halides is 2. The van der Waals surface area contributed by atoms with Crippen LogP contribution in [0.1, 0.15) is 51.6 Å². The van der Waals surface area contributed by atoms with Crippen molar-refractivity contribution in [2.75, 3.05) is 29.9 Å². The van der Waals surface area contributed by atoms with Crippen LogP contribution in [0, 0.1) is 6.92 Å². The zero-order valence-corrected chi connectivity index (χ0v) is 22.8. The third-order valence-electron chi connectivity index (χ3n) is 7.67.